The molecule has 1 atom stereocenters. The summed E-state index contributed by atoms with van der Waals surface area (Å²) in [6.45, 7) is 2.90. The molecular weight excluding hydrogens is 540 g/mol. The standard InChI is InChI=1S/C26H26Cl2FN3O4S/c1-3-30-26(34)18(2)31(16-19-9-12-21(29)13-10-19)25(33)17-32(24-15-20(27)11-14-23(24)28)37(35,36)22-7-5-4-6-8-22/h4-15,18H,3,16-17H2,1-2H3,(H,30,34). The van der Waals surface area contributed by atoms with Crippen molar-refractivity contribution in [2.24, 2.45) is 0 Å². The summed E-state index contributed by atoms with van der Waals surface area (Å²) in [6, 6.07) is 16.4. The van der Waals surface area contributed by atoms with Crippen molar-refractivity contribution in [2.45, 2.75) is 31.3 Å². The number of carbonyl (C=O) groups excluding carboxylic acids is 2. The lowest BCUT2D eigenvalue weighted by Crippen LogP contribution is -2.51. The Kier molecular flexibility index (Phi) is 9.53. The van der Waals surface area contributed by atoms with Crippen molar-refractivity contribution < 1.29 is 22.4 Å². The first kappa shape index (κ1) is 28.4. The van der Waals surface area contributed by atoms with Crippen LogP contribution in [0.1, 0.15) is 19.4 Å². The van der Waals surface area contributed by atoms with Crippen LogP contribution in [0, 0.1) is 5.82 Å². The van der Waals surface area contributed by atoms with Gasteiger partial charge in [-0.05, 0) is 61.9 Å². The zero-order chi connectivity index (χ0) is 27.2. The fraction of sp³-hybridized carbons (Fsp3) is 0.231. The van der Waals surface area contributed by atoms with Gasteiger partial charge < -0.3 is 10.2 Å². The van der Waals surface area contributed by atoms with E-state index in [4.69, 9.17) is 23.2 Å². The number of sulfonamides is 1. The highest BCUT2D eigenvalue weighted by Gasteiger charge is 2.33. The molecule has 0 spiro atoms. The molecule has 0 aliphatic heterocycles. The highest BCUT2D eigenvalue weighted by atomic mass is 35.5. The van der Waals surface area contributed by atoms with Crippen molar-refractivity contribution in [1.82, 2.24) is 10.2 Å². The predicted octanol–water partition coefficient (Wildman–Crippen LogP) is 4.88. The van der Waals surface area contributed by atoms with Gasteiger partial charge in [-0.1, -0.05) is 53.5 Å². The fourth-order valence-corrected chi connectivity index (χ4v) is 5.48. The topological polar surface area (TPSA) is 86.8 Å². The average Bonchev–Trinajstić information content (AvgIpc) is 2.88. The smallest absolute Gasteiger partial charge is 0.264 e. The van der Waals surface area contributed by atoms with Gasteiger partial charge in [-0.3, -0.25) is 13.9 Å². The van der Waals surface area contributed by atoms with E-state index in [1.54, 1.807) is 25.1 Å². The molecule has 1 unspecified atom stereocenters. The third kappa shape index (κ3) is 7.00. The van der Waals surface area contributed by atoms with E-state index in [0.29, 0.717) is 12.1 Å². The van der Waals surface area contributed by atoms with Crippen LogP contribution in [0.5, 0.6) is 0 Å². The molecule has 0 bridgehead atoms. The van der Waals surface area contributed by atoms with Crippen LogP contribution >= 0.6 is 23.2 Å². The van der Waals surface area contributed by atoms with E-state index >= 15 is 0 Å². The molecule has 3 aromatic carbocycles. The highest BCUT2D eigenvalue weighted by molar-refractivity contribution is 7.92. The van der Waals surface area contributed by atoms with Gasteiger partial charge in [0.15, 0.2) is 0 Å². The third-order valence-electron chi connectivity index (χ3n) is 5.57. The first-order valence-corrected chi connectivity index (χ1v) is 13.6. The Morgan fingerprint density at radius 2 is 1.65 bits per heavy atom. The second-order valence-corrected chi connectivity index (χ2v) is 10.8. The van der Waals surface area contributed by atoms with Crippen LogP contribution in [-0.4, -0.2) is 44.3 Å². The number of likely N-dealkylation sites (N-methyl/N-ethyl adjacent to an activating group) is 1. The van der Waals surface area contributed by atoms with Crippen LogP contribution in [0.25, 0.3) is 0 Å². The number of anilines is 1. The van der Waals surface area contributed by atoms with E-state index < -0.39 is 40.2 Å². The van der Waals surface area contributed by atoms with Gasteiger partial charge in [0, 0.05) is 18.1 Å². The fourth-order valence-electron chi connectivity index (χ4n) is 3.60. The lowest BCUT2D eigenvalue weighted by Gasteiger charge is -2.32. The lowest BCUT2D eigenvalue weighted by molar-refractivity contribution is -0.139. The maximum Gasteiger partial charge on any atom is 0.264 e. The minimum Gasteiger partial charge on any atom is -0.355 e. The Bertz CT molecular complexity index is 1360. The summed E-state index contributed by atoms with van der Waals surface area (Å²) in [5.74, 6) is -1.54. The van der Waals surface area contributed by atoms with Gasteiger partial charge >= 0.3 is 0 Å². The number of amides is 2. The van der Waals surface area contributed by atoms with Crippen molar-refractivity contribution >= 4 is 50.7 Å². The molecule has 3 aromatic rings. The second kappa shape index (κ2) is 12.4. The minimum absolute atomic E-state index is 0.0127. The van der Waals surface area contributed by atoms with Gasteiger partial charge in [0.05, 0.1) is 15.6 Å². The van der Waals surface area contributed by atoms with Crippen molar-refractivity contribution in [3.8, 4) is 0 Å². The summed E-state index contributed by atoms with van der Waals surface area (Å²) in [5, 5.41) is 2.96. The number of benzene rings is 3. The van der Waals surface area contributed by atoms with Crippen LogP contribution < -0.4 is 9.62 Å². The summed E-state index contributed by atoms with van der Waals surface area (Å²) in [5.41, 5.74) is 0.572. The summed E-state index contributed by atoms with van der Waals surface area (Å²) < 4.78 is 41.7. The van der Waals surface area contributed by atoms with Crippen molar-refractivity contribution in [2.75, 3.05) is 17.4 Å². The van der Waals surface area contributed by atoms with E-state index in [9.17, 15) is 22.4 Å². The summed E-state index contributed by atoms with van der Waals surface area (Å²) >= 11 is 12.5. The van der Waals surface area contributed by atoms with E-state index in [0.717, 1.165) is 4.31 Å². The SMILES string of the molecule is CCNC(=O)C(C)N(Cc1ccc(F)cc1)C(=O)CN(c1cc(Cl)ccc1Cl)S(=O)(=O)c1ccccc1. The molecule has 0 saturated carbocycles. The van der Waals surface area contributed by atoms with Crippen LogP contribution in [0.15, 0.2) is 77.7 Å². The maximum absolute atomic E-state index is 13.7. The molecule has 0 aliphatic carbocycles. The molecule has 3 rings (SSSR count). The Balaban J connectivity index is 2.05. The molecule has 0 saturated heterocycles. The Morgan fingerprint density at radius 1 is 1.00 bits per heavy atom. The molecule has 0 fully saturated rings. The van der Waals surface area contributed by atoms with Crippen molar-refractivity contribution in [3.05, 3.63) is 94.2 Å². The molecular formula is C26H26Cl2FN3O4S. The number of nitrogens with zero attached hydrogens (tertiary/aromatic N) is 2. The number of hydrogen-bond acceptors (Lipinski definition) is 4. The molecule has 0 aliphatic rings. The number of halogens is 3. The van der Waals surface area contributed by atoms with E-state index in [1.165, 1.54) is 66.4 Å². The Morgan fingerprint density at radius 3 is 2.27 bits per heavy atom. The van der Waals surface area contributed by atoms with Crippen LogP contribution in [0.4, 0.5) is 10.1 Å². The third-order valence-corrected chi connectivity index (χ3v) is 7.90. The lowest BCUT2D eigenvalue weighted by atomic mass is 10.1. The largest absolute Gasteiger partial charge is 0.355 e. The van der Waals surface area contributed by atoms with E-state index in [2.05, 4.69) is 5.32 Å². The summed E-state index contributed by atoms with van der Waals surface area (Å²) in [4.78, 5) is 27.6. The number of hydrogen-bond donors (Lipinski definition) is 1. The van der Waals surface area contributed by atoms with Crippen LogP contribution in [-0.2, 0) is 26.2 Å². The van der Waals surface area contributed by atoms with Gasteiger partial charge in [-0.15, -0.1) is 0 Å². The van der Waals surface area contributed by atoms with E-state index in [1.807, 2.05) is 0 Å². The normalized spacial score (nSPS) is 12.0. The Labute approximate surface area is 225 Å². The summed E-state index contributed by atoms with van der Waals surface area (Å²) in [6.07, 6.45) is 0. The minimum atomic E-state index is -4.26. The van der Waals surface area contributed by atoms with E-state index in [-0.39, 0.29) is 27.2 Å². The molecule has 196 valence electrons. The molecule has 1 N–H and O–H groups in total. The summed E-state index contributed by atoms with van der Waals surface area (Å²) in [7, 11) is -4.26. The Hall–Kier alpha value is -3.14. The molecule has 0 heterocycles. The monoisotopic (exact) mass is 565 g/mol. The van der Waals surface area contributed by atoms with Gasteiger partial charge in [-0.25, -0.2) is 12.8 Å². The number of nitrogens with one attached hydrogen (secondary N) is 1. The first-order valence-electron chi connectivity index (χ1n) is 11.4. The maximum atomic E-state index is 13.7. The van der Waals surface area contributed by atoms with Gasteiger partial charge in [0.1, 0.15) is 18.4 Å². The molecule has 7 nitrogen and oxygen atoms in total. The van der Waals surface area contributed by atoms with Gasteiger partial charge in [0.25, 0.3) is 10.0 Å². The second-order valence-electron chi connectivity index (χ2n) is 8.14. The highest BCUT2D eigenvalue weighted by Crippen LogP contribution is 2.33. The number of carbonyl (C=O) groups is 2. The molecule has 37 heavy (non-hydrogen) atoms. The first-order chi connectivity index (χ1) is 17.5. The molecule has 0 radical (unpaired) electrons. The van der Waals surface area contributed by atoms with Crippen molar-refractivity contribution in [1.29, 1.82) is 0 Å². The average molecular weight is 566 g/mol. The van der Waals surface area contributed by atoms with Crippen LogP contribution in [0.2, 0.25) is 10.0 Å². The molecule has 11 heteroatoms. The van der Waals surface area contributed by atoms with Crippen molar-refractivity contribution in [3.63, 3.8) is 0 Å². The zero-order valence-corrected chi connectivity index (χ0v) is 22.5. The molecule has 2 amide bonds. The van der Waals surface area contributed by atoms with Crippen LogP contribution in [0.3, 0.4) is 0 Å². The zero-order valence-electron chi connectivity index (χ0n) is 20.2. The van der Waals surface area contributed by atoms with Gasteiger partial charge in [0.2, 0.25) is 11.8 Å². The number of rotatable bonds is 10. The molecule has 0 aromatic heterocycles. The quantitative estimate of drug-likeness (QED) is 0.379. The predicted molar refractivity (Wildman–Crippen MR) is 143 cm³/mol. The van der Waals surface area contributed by atoms with Gasteiger partial charge in [-0.2, -0.15) is 0 Å².